The Hall–Kier alpha value is -1.46. The number of methoxy groups -OCH3 is 1. The van der Waals surface area contributed by atoms with Gasteiger partial charge in [0.15, 0.2) is 0 Å². The minimum absolute atomic E-state index is 0.0349. The predicted molar refractivity (Wildman–Crippen MR) is 54.7 cm³/mol. The van der Waals surface area contributed by atoms with Crippen LogP contribution in [0.4, 0.5) is 5.69 Å². The van der Waals surface area contributed by atoms with Gasteiger partial charge in [0.1, 0.15) is 0 Å². The summed E-state index contributed by atoms with van der Waals surface area (Å²) >= 11 is 0. The number of benzene rings is 1. The summed E-state index contributed by atoms with van der Waals surface area (Å²) in [6.07, 6.45) is -0.485. The van der Waals surface area contributed by atoms with Crippen molar-refractivity contribution < 1.29 is 14.8 Å². The number of hydrogen-bond donors (Lipinski definition) is 1. The molecular formula is C10H13NO4. The van der Waals surface area contributed by atoms with Crippen molar-refractivity contribution in [1.82, 2.24) is 0 Å². The average molecular weight is 211 g/mol. The normalized spacial score (nSPS) is 12.4. The second-order valence-electron chi connectivity index (χ2n) is 3.20. The third-order valence-corrected chi connectivity index (χ3v) is 2.00. The van der Waals surface area contributed by atoms with Crippen LogP contribution in [0.25, 0.3) is 0 Å². The third kappa shape index (κ3) is 3.30. The van der Waals surface area contributed by atoms with Gasteiger partial charge < -0.3 is 9.84 Å². The Bertz CT molecular complexity index is 340. The van der Waals surface area contributed by atoms with Crippen molar-refractivity contribution in [1.29, 1.82) is 0 Å². The van der Waals surface area contributed by atoms with Crippen LogP contribution >= 0.6 is 0 Å². The lowest BCUT2D eigenvalue weighted by Crippen LogP contribution is -2.17. The molecule has 0 aliphatic heterocycles. The fourth-order valence-electron chi connectivity index (χ4n) is 1.37. The van der Waals surface area contributed by atoms with Crippen LogP contribution in [-0.4, -0.2) is 29.9 Å². The first-order chi connectivity index (χ1) is 7.15. The molecule has 0 aliphatic rings. The Kier molecular flexibility index (Phi) is 4.20. The zero-order valence-corrected chi connectivity index (χ0v) is 8.42. The van der Waals surface area contributed by atoms with Crippen LogP contribution in [0.1, 0.15) is 5.56 Å². The second kappa shape index (κ2) is 5.43. The lowest BCUT2D eigenvalue weighted by atomic mass is 10.1. The van der Waals surface area contributed by atoms with E-state index in [4.69, 9.17) is 4.74 Å². The first-order valence-corrected chi connectivity index (χ1v) is 4.54. The fraction of sp³-hybridized carbons (Fsp3) is 0.400. The summed E-state index contributed by atoms with van der Waals surface area (Å²) < 4.78 is 4.76. The Morgan fingerprint density at radius 3 is 2.80 bits per heavy atom. The van der Waals surface area contributed by atoms with Gasteiger partial charge in [-0.25, -0.2) is 0 Å². The molecule has 5 heteroatoms. The molecule has 0 spiro atoms. The van der Waals surface area contributed by atoms with E-state index in [9.17, 15) is 15.2 Å². The highest BCUT2D eigenvalue weighted by Gasteiger charge is 2.15. The Balaban J connectivity index is 2.79. The number of rotatable bonds is 5. The number of aliphatic hydroxyl groups excluding tert-OH is 1. The lowest BCUT2D eigenvalue weighted by molar-refractivity contribution is -0.385. The molecule has 0 aromatic heterocycles. The lowest BCUT2D eigenvalue weighted by Gasteiger charge is -2.09. The standard InChI is InChI=1S/C10H13NO4/c1-15-7-9(12)6-8-4-2-3-5-10(8)11(13)14/h2-5,9,12H,6-7H2,1H3. The van der Waals surface area contributed by atoms with Crippen LogP contribution < -0.4 is 0 Å². The Labute approximate surface area is 87.5 Å². The molecule has 1 aromatic carbocycles. The van der Waals surface area contributed by atoms with Gasteiger partial charge in [0.25, 0.3) is 5.69 Å². The predicted octanol–water partition coefficient (Wildman–Crippen LogP) is 1.14. The van der Waals surface area contributed by atoms with Crippen LogP contribution in [0.2, 0.25) is 0 Å². The van der Waals surface area contributed by atoms with Gasteiger partial charge in [0.2, 0.25) is 0 Å². The third-order valence-electron chi connectivity index (χ3n) is 2.00. The number of ether oxygens (including phenoxy) is 1. The van der Waals surface area contributed by atoms with Crippen molar-refractivity contribution in [2.24, 2.45) is 0 Å². The molecular weight excluding hydrogens is 198 g/mol. The summed E-state index contributed by atoms with van der Waals surface area (Å²) in [6, 6.07) is 6.37. The molecule has 0 fully saturated rings. The second-order valence-corrected chi connectivity index (χ2v) is 3.20. The monoisotopic (exact) mass is 211 g/mol. The van der Waals surface area contributed by atoms with Gasteiger partial charge in [0.05, 0.1) is 17.6 Å². The van der Waals surface area contributed by atoms with Gasteiger partial charge in [-0.3, -0.25) is 10.1 Å². The van der Waals surface area contributed by atoms with Gasteiger partial charge in [0, 0.05) is 25.2 Å². The van der Waals surface area contributed by atoms with E-state index in [2.05, 4.69) is 0 Å². The number of nitro benzene ring substituents is 1. The SMILES string of the molecule is COCC(O)Cc1ccccc1[N+](=O)[O-]. The molecule has 0 bridgehead atoms. The summed E-state index contributed by atoms with van der Waals surface area (Å²) in [5.41, 5.74) is 0.555. The van der Waals surface area contributed by atoms with Crippen LogP contribution in [0.5, 0.6) is 0 Å². The molecule has 0 aliphatic carbocycles. The van der Waals surface area contributed by atoms with E-state index in [1.54, 1.807) is 18.2 Å². The summed E-state index contributed by atoms with van der Waals surface area (Å²) in [5, 5.41) is 20.1. The van der Waals surface area contributed by atoms with Crippen LogP contribution in [-0.2, 0) is 11.2 Å². The molecule has 1 rings (SSSR count). The summed E-state index contributed by atoms with van der Waals surface area (Å²) in [6.45, 7) is 0.173. The van der Waals surface area contributed by atoms with E-state index in [0.29, 0.717) is 5.56 Å². The number of para-hydroxylation sites is 1. The van der Waals surface area contributed by atoms with Crippen molar-refractivity contribution in [2.75, 3.05) is 13.7 Å². The zero-order valence-electron chi connectivity index (χ0n) is 8.42. The van der Waals surface area contributed by atoms with Crippen molar-refractivity contribution in [3.8, 4) is 0 Å². The van der Waals surface area contributed by atoms with Crippen LogP contribution in [0.3, 0.4) is 0 Å². The van der Waals surface area contributed by atoms with Crippen molar-refractivity contribution in [3.63, 3.8) is 0 Å². The molecule has 0 saturated heterocycles. The highest BCUT2D eigenvalue weighted by Crippen LogP contribution is 2.19. The van der Waals surface area contributed by atoms with Crippen molar-refractivity contribution in [2.45, 2.75) is 12.5 Å². The van der Waals surface area contributed by atoms with E-state index in [1.807, 2.05) is 0 Å². The summed E-state index contributed by atoms with van der Waals surface area (Å²) in [5.74, 6) is 0. The van der Waals surface area contributed by atoms with Gasteiger partial charge >= 0.3 is 0 Å². The van der Waals surface area contributed by atoms with Crippen molar-refractivity contribution >= 4 is 5.69 Å². The number of hydrogen-bond acceptors (Lipinski definition) is 4. The molecule has 5 nitrogen and oxygen atoms in total. The largest absolute Gasteiger partial charge is 0.390 e. The molecule has 1 unspecified atom stereocenters. The molecule has 1 N–H and O–H groups in total. The first-order valence-electron chi connectivity index (χ1n) is 4.54. The highest BCUT2D eigenvalue weighted by atomic mass is 16.6. The van der Waals surface area contributed by atoms with E-state index in [0.717, 1.165) is 0 Å². The van der Waals surface area contributed by atoms with Gasteiger partial charge in [-0.2, -0.15) is 0 Å². The number of nitro groups is 1. The van der Waals surface area contributed by atoms with Crippen LogP contribution in [0.15, 0.2) is 24.3 Å². The minimum atomic E-state index is -0.712. The molecule has 0 amide bonds. The van der Waals surface area contributed by atoms with E-state index >= 15 is 0 Å². The molecule has 82 valence electrons. The molecule has 0 heterocycles. The molecule has 1 atom stereocenters. The van der Waals surface area contributed by atoms with Gasteiger partial charge in [-0.05, 0) is 0 Å². The Morgan fingerprint density at radius 1 is 1.53 bits per heavy atom. The quantitative estimate of drug-likeness (QED) is 0.585. The topological polar surface area (TPSA) is 72.6 Å². The van der Waals surface area contributed by atoms with Crippen molar-refractivity contribution in [3.05, 3.63) is 39.9 Å². The van der Waals surface area contributed by atoms with E-state index < -0.39 is 11.0 Å². The maximum absolute atomic E-state index is 10.7. The van der Waals surface area contributed by atoms with E-state index in [-0.39, 0.29) is 18.7 Å². The minimum Gasteiger partial charge on any atom is -0.390 e. The van der Waals surface area contributed by atoms with Crippen LogP contribution in [0, 0.1) is 10.1 Å². The molecule has 0 radical (unpaired) electrons. The fourth-order valence-corrected chi connectivity index (χ4v) is 1.37. The van der Waals surface area contributed by atoms with E-state index in [1.165, 1.54) is 13.2 Å². The number of aliphatic hydroxyl groups is 1. The molecule has 1 aromatic rings. The Morgan fingerprint density at radius 2 is 2.20 bits per heavy atom. The highest BCUT2D eigenvalue weighted by molar-refractivity contribution is 5.40. The zero-order chi connectivity index (χ0) is 11.3. The molecule has 0 saturated carbocycles. The summed E-state index contributed by atoms with van der Waals surface area (Å²) in [7, 11) is 1.47. The molecule has 15 heavy (non-hydrogen) atoms. The maximum atomic E-state index is 10.7. The smallest absolute Gasteiger partial charge is 0.272 e. The summed E-state index contributed by atoms with van der Waals surface area (Å²) in [4.78, 5) is 10.2. The number of nitrogens with zero attached hydrogens (tertiary/aromatic N) is 1. The first kappa shape index (κ1) is 11.6. The maximum Gasteiger partial charge on any atom is 0.272 e. The van der Waals surface area contributed by atoms with Gasteiger partial charge in [-0.15, -0.1) is 0 Å². The average Bonchev–Trinajstić information content (AvgIpc) is 2.18. The van der Waals surface area contributed by atoms with Gasteiger partial charge in [-0.1, -0.05) is 18.2 Å².